The highest BCUT2D eigenvalue weighted by Crippen LogP contribution is 2.26. The fourth-order valence-corrected chi connectivity index (χ4v) is 8.95. The Morgan fingerprint density at radius 2 is 1.03 bits per heavy atom. The van der Waals surface area contributed by atoms with E-state index in [1.165, 1.54) is 128 Å². The van der Waals surface area contributed by atoms with Crippen LogP contribution in [0.15, 0.2) is 24.3 Å². The average Bonchev–Trinajstić information content (AvgIpc) is 3.28. The molecular weight excluding hydrogens is 851 g/mol. The first-order valence-corrected chi connectivity index (χ1v) is 27.7. The van der Waals surface area contributed by atoms with Crippen LogP contribution in [0.4, 0.5) is 0 Å². The van der Waals surface area contributed by atoms with Gasteiger partial charge < -0.3 is 40.3 Å². The van der Waals surface area contributed by atoms with Crippen LogP contribution in [0.3, 0.4) is 0 Å². The van der Waals surface area contributed by atoms with E-state index in [0.717, 1.165) is 64.2 Å². The Balaban J connectivity index is 2.46. The normalized spacial score (nSPS) is 20.8. The van der Waals surface area contributed by atoms with Crippen molar-refractivity contribution in [3.63, 3.8) is 0 Å². The maximum atomic E-state index is 13.2. The van der Waals surface area contributed by atoms with E-state index in [0.29, 0.717) is 19.3 Å². The Labute approximate surface area is 395 Å². The third-order valence-corrected chi connectivity index (χ3v) is 13.1. The predicted molar refractivity (Wildman–Crippen MR) is 261 cm³/mol. The molecule has 0 aromatic carbocycles. The van der Waals surface area contributed by atoms with Gasteiger partial charge in [0.2, 0.25) is 5.91 Å². The number of nitrogens with one attached hydrogen (secondary N) is 1. The number of allylic oxidation sites excluding steroid dienone is 4. The zero-order chi connectivity index (χ0) is 47.8. The molecule has 0 radical (unpaired) electrons. The Morgan fingerprint density at radius 3 is 1.46 bits per heavy atom. The monoisotopic (exact) mass is 948 g/mol. The SMILES string of the molecule is CCCCCCCCCCC/C=C\C/C=C\CCCCCCCCC(O)C(=O)NC(COC1OC(CO)C(O)C(OS(=O)(=O)O)C1O)C(O)CCCCCCCCCCCCCCCC. The van der Waals surface area contributed by atoms with Crippen LogP contribution in [-0.4, -0.2) is 107 Å². The van der Waals surface area contributed by atoms with E-state index in [1.54, 1.807) is 0 Å². The summed E-state index contributed by atoms with van der Waals surface area (Å²) < 4.78 is 47.7. The minimum Gasteiger partial charge on any atom is -0.394 e. The number of carbonyl (C=O) groups is 1. The number of rotatable bonds is 45. The van der Waals surface area contributed by atoms with Crippen LogP contribution in [0.1, 0.15) is 232 Å². The van der Waals surface area contributed by atoms with Crippen molar-refractivity contribution in [2.24, 2.45) is 0 Å². The number of carbonyl (C=O) groups excluding carboxylic acids is 1. The van der Waals surface area contributed by atoms with Crippen molar-refractivity contribution in [2.45, 2.75) is 281 Å². The molecule has 65 heavy (non-hydrogen) atoms. The zero-order valence-corrected chi connectivity index (χ0v) is 41.7. The Hall–Kier alpha value is -1.46. The molecule has 384 valence electrons. The first-order chi connectivity index (χ1) is 31.4. The molecule has 0 bridgehead atoms. The molecule has 0 saturated carbocycles. The van der Waals surface area contributed by atoms with Crippen molar-refractivity contribution < 1.29 is 57.0 Å². The van der Waals surface area contributed by atoms with Gasteiger partial charge in [-0.25, -0.2) is 4.18 Å². The van der Waals surface area contributed by atoms with Crippen LogP contribution in [0.2, 0.25) is 0 Å². The summed E-state index contributed by atoms with van der Waals surface area (Å²) in [6, 6.07) is -1.04. The van der Waals surface area contributed by atoms with Gasteiger partial charge in [0.05, 0.1) is 25.4 Å². The molecule has 1 aliphatic heterocycles. The van der Waals surface area contributed by atoms with Gasteiger partial charge in [-0.2, -0.15) is 8.42 Å². The Morgan fingerprint density at radius 1 is 0.615 bits per heavy atom. The van der Waals surface area contributed by atoms with Gasteiger partial charge in [-0.1, -0.05) is 212 Å². The van der Waals surface area contributed by atoms with Crippen molar-refractivity contribution in [3.8, 4) is 0 Å². The van der Waals surface area contributed by atoms with E-state index >= 15 is 0 Å². The van der Waals surface area contributed by atoms with Gasteiger partial charge in [-0.3, -0.25) is 9.35 Å². The Bertz CT molecular complexity index is 1270. The third-order valence-electron chi connectivity index (χ3n) is 12.6. The van der Waals surface area contributed by atoms with Crippen molar-refractivity contribution in [1.82, 2.24) is 5.32 Å². The second-order valence-corrected chi connectivity index (χ2v) is 19.7. The molecule has 0 aromatic heterocycles. The highest BCUT2D eigenvalue weighted by molar-refractivity contribution is 7.80. The molecule has 14 heteroatoms. The minimum atomic E-state index is -5.11. The van der Waals surface area contributed by atoms with Gasteiger partial charge in [-0.15, -0.1) is 0 Å². The van der Waals surface area contributed by atoms with E-state index in [4.69, 9.17) is 9.47 Å². The highest BCUT2D eigenvalue weighted by atomic mass is 32.3. The summed E-state index contributed by atoms with van der Waals surface area (Å²) in [4.78, 5) is 13.2. The number of unbranched alkanes of at least 4 members (excludes halogenated alkanes) is 28. The molecule has 8 atom stereocenters. The van der Waals surface area contributed by atoms with Crippen LogP contribution in [0.5, 0.6) is 0 Å². The lowest BCUT2D eigenvalue weighted by Gasteiger charge is -2.41. The smallest absolute Gasteiger partial charge is 0.394 e. The van der Waals surface area contributed by atoms with E-state index in [-0.39, 0.29) is 6.42 Å². The summed E-state index contributed by atoms with van der Waals surface area (Å²) in [6.07, 6.45) is 36.4. The largest absolute Gasteiger partial charge is 0.397 e. The lowest BCUT2D eigenvalue weighted by atomic mass is 9.99. The molecule has 0 aromatic rings. The molecule has 1 heterocycles. The minimum absolute atomic E-state index is 0.249. The molecule has 1 fully saturated rings. The molecule has 0 spiro atoms. The first kappa shape index (κ1) is 61.6. The van der Waals surface area contributed by atoms with Crippen molar-refractivity contribution in [1.29, 1.82) is 0 Å². The number of amides is 1. The number of hydrogen-bond acceptors (Lipinski definition) is 11. The fourth-order valence-electron chi connectivity index (χ4n) is 8.44. The molecule has 1 rings (SSSR count). The van der Waals surface area contributed by atoms with Crippen molar-refractivity contribution in [2.75, 3.05) is 13.2 Å². The van der Waals surface area contributed by atoms with Crippen LogP contribution in [-0.2, 0) is 28.9 Å². The topological polar surface area (TPSA) is 212 Å². The molecule has 7 N–H and O–H groups in total. The maximum Gasteiger partial charge on any atom is 0.397 e. The van der Waals surface area contributed by atoms with Gasteiger partial charge in [0.15, 0.2) is 6.29 Å². The van der Waals surface area contributed by atoms with Crippen LogP contribution in [0, 0.1) is 0 Å². The number of ether oxygens (including phenoxy) is 2. The number of hydrogen-bond donors (Lipinski definition) is 7. The van der Waals surface area contributed by atoms with E-state index < -0.39 is 78.5 Å². The Kier molecular flexibility index (Phi) is 39.3. The first-order valence-electron chi connectivity index (χ1n) is 26.3. The van der Waals surface area contributed by atoms with Crippen molar-refractivity contribution >= 4 is 16.3 Å². The van der Waals surface area contributed by atoms with E-state index in [1.807, 2.05) is 0 Å². The molecule has 1 saturated heterocycles. The van der Waals surface area contributed by atoms with Gasteiger partial charge in [0, 0.05) is 0 Å². The molecule has 8 unspecified atom stereocenters. The van der Waals surface area contributed by atoms with Gasteiger partial charge in [0.1, 0.15) is 30.5 Å². The fraction of sp³-hybridized carbons (Fsp3) is 0.902. The van der Waals surface area contributed by atoms with Gasteiger partial charge >= 0.3 is 10.4 Å². The van der Waals surface area contributed by atoms with Crippen LogP contribution in [0.25, 0.3) is 0 Å². The van der Waals surface area contributed by atoms with Crippen LogP contribution < -0.4 is 5.32 Å². The van der Waals surface area contributed by atoms with Crippen LogP contribution >= 0.6 is 0 Å². The van der Waals surface area contributed by atoms with Gasteiger partial charge in [0.25, 0.3) is 0 Å². The second-order valence-electron chi connectivity index (χ2n) is 18.6. The lowest BCUT2D eigenvalue weighted by molar-refractivity contribution is -0.298. The average molecular weight is 948 g/mol. The summed E-state index contributed by atoms with van der Waals surface area (Å²) in [5.41, 5.74) is 0. The standard InChI is InChI=1S/C51H97NO12S/c1-3-5-7-9-11-13-15-17-19-20-21-22-23-24-25-26-28-30-32-34-36-38-40-45(55)50(58)52-43(42-62-51-48(57)49(64-65(59,60)61)47(56)46(41-53)63-51)44(54)39-37-35-33-31-29-27-18-16-14-12-10-8-6-4-2/h21-22,24-25,43-49,51,53-57H,3-20,23,26-42H2,1-2H3,(H,52,58)(H,59,60,61)/b22-21-,25-24-. The molecule has 1 amide bonds. The van der Waals surface area contributed by atoms with E-state index in [9.17, 15) is 43.3 Å². The highest BCUT2D eigenvalue weighted by Gasteiger charge is 2.48. The second kappa shape index (κ2) is 41.5. The summed E-state index contributed by atoms with van der Waals surface area (Å²) in [6.45, 7) is 3.29. The molecule has 13 nitrogen and oxygen atoms in total. The van der Waals surface area contributed by atoms with Gasteiger partial charge in [-0.05, 0) is 44.9 Å². The van der Waals surface area contributed by atoms with Crippen molar-refractivity contribution in [3.05, 3.63) is 24.3 Å². The molecule has 1 aliphatic rings. The summed E-state index contributed by atoms with van der Waals surface area (Å²) in [7, 11) is -5.11. The lowest BCUT2D eigenvalue weighted by Crippen LogP contribution is -2.61. The summed E-state index contributed by atoms with van der Waals surface area (Å²) in [5, 5.41) is 55.5. The summed E-state index contributed by atoms with van der Waals surface area (Å²) in [5.74, 6) is -0.676. The number of aliphatic hydroxyl groups is 5. The molecular formula is C51H97NO12S. The number of aliphatic hydroxyl groups excluding tert-OH is 5. The van der Waals surface area contributed by atoms with E-state index in [2.05, 4.69) is 47.7 Å². The third kappa shape index (κ3) is 33.6. The maximum absolute atomic E-state index is 13.2. The molecule has 0 aliphatic carbocycles. The quantitative estimate of drug-likeness (QED) is 0.0173. The zero-order valence-electron chi connectivity index (χ0n) is 40.9. The summed E-state index contributed by atoms with van der Waals surface area (Å²) >= 11 is 0. The predicted octanol–water partition coefficient (Wildman–Crippen LogP) is 10.3.